The highest BCUT2D eigenvalue weighted by Crippen LogP contribution is 2.20. The number of carbonyl (C=O) groups excluding carboxylic acids is 1. The van der Waals surface area contributed by atoms with Crippen molar-refractivity contribution in [3.8, 4) is 0 Å². The number of aryl methyl sites for hydroxylation is 1. The van der Waals surface area contributed by atoms with Crippen LogP contribution in [0.25, 0.3) is 0 Å². The summed E-state index contributed by atoms with van der Waals surface area (Å²) in [6.45, 7) is 4.33. The number of nitrogens with one attached hydrogen (secondary N) is 1. The first-order valence-corrected chi connectivity index (χ1v) is 9.54. The molecule has 1 heterocycles. The Labute approximate surface area is 141 Å². The Hall–Kier alpha value is -1.70. The van der Waals surface area contributed by atoms with Crippen molar-refractivity contribution < 1.29 is 13.2 Å². The van der Waals surface area contributed by atoms with Crippen molar-refractivity contribution in [3.05, 3.63) is 52.9 Å². The number of carbonyl (C=O) groups is 1. The van der Waals surface area contributed by atoms with E-state index in [2.05, 4.69) is 4.72 Å². The number of hydrogen-bond donors (Lipinski definition) is 1. The maximum Gasteiger partial charge on any atom is 0.250 e. The summed E-state index contributed by atoms with van der Waals surface area (Å²) in [6.07, 6.45) is 0. The van der Waals surface area contributed by atoms with E-state index in [9.17, 15) is 13.2 Å². The van der Waals surface area contributed by atoms with Crippen molar-refractivity contribution in [1.29, 1.82) is 0 Å². The van der Waals surface area contributed by atoms with E-state index in [1.54, 1.807) is 17.0 Å². The van der Waals surface area contributed by atoms with Gasteiger partial charge in [-0.05, 0) is 24.6 Å². The number of rotatable bonds is 7. The molecule has 0 aliphatic heterocycles. The van der Waals surface area contributed by atoms with Crippen LogP contribution in [0.5, 0.6) is 0 Å². The summed E-state index contributed by atoms with van der Waals surface area (Å²) in [5.41, 5.74) is 1.01. The van der Waals surface area contributed by atoms with Gasteiger partial charge < -0.3 is 4.90 Å². The number of hydrogen-bond acceptors (Lipinski definition) is 4. The second-order valence-corrected chi connectivity index (χ2v) is 8.47. The van der Waals surface area contributed by atoms with Crippen molar-refractivity contribution in [2.45, 2.75) is 24.6 Å². The van der Waals surface area contributed by atoms with Gasteiger partial charge in [-0.25, -0.2) is 13.1 Å². The lowest BCUT2D eigenvalue weighted by molar-refractivity contribution is -0.129. The predicted octanol–water partition coefficient (Wildman–Crippen LogP) is 2.38. The van der Waals surface area contributed by atoms with Crippen LogP contribution in [0.4, 0.5) is 0 Å². The Morgan fingerprint density at radius 2 is 1.87 bits per heavy atom. The summed E-state index contributed by atoms with van der Waals surface area (Å²) in [7, 11) is -3.50. The van der Waals surface area contributed by atoms with Gasteiger partial charge in [0.2, 0.25) is 15.9 Å². The second kappa shape index (κ2) is 7.72. The summed E-state index contributed by atoms with van der Waals surface area (Å²) in [5, 5.41) is 0. The topological polar surface area (TPSA) is 66.5 Å². The minimum absolute atomic E-state index is 0.0833. The fourth-order valence-corrected chi connectivity index (χ4v) is 4.44. The molecule has 124 valence electrons. The van der Waals surface area contributed by atoms with Crippen molar-refractivity contribution in [1.82, 2.24) is 9.62 Å². The maximum atomic E-state index is 12.2. The monoisotopic (exact) mass is 352 g/mol. The Bertz CT molecular complexity index is 755. The highest BCUT2D eigenvalue weighted by atomic mass is 32.2. The zero-order chi connectivity index (χ0) is 16.9. The van der Waals surface area contributed by atoms with E-state index >= 15 is 0 Å². The van der Waals surface area contributed by atoms with E-state index in [-0.39, 0.29) is 12.5 Å². The average Bonchev–Trinajstić information content (AvgIpc) is 2.94. The lowest BCUT2D eigenvalue weighted by Gasteiger charge is -2.21. The van der Waals surface area contributed by atoms with E-state index in [0.717, 1.165) is 10.4 Å². The van der Waals surface area contributed by atoms with Crippen LogP contribution in [0.15, 0.2) is 46.7 Å². The smallest absolute Gasteiger partial charge is 0.250 e. The van der Waals surface area contributed by atoms with Crippen molar-refractivity contribution in [2.75, 3.05) is 13.1 Å². The Morgan fingerprint density at radius 3 is 2.43 bits per heavy atom. The van der Waals surface area contributed by atoms with Gasteiger partial charge in [-0.2, -0.15) is 0 Å². The van der Waals surface area contributed by atoms with Crippen molar-refractivity contribution >= 4 is 27.3 Å². The molecule has 5 nitrogen and oxygen atoms in total. The zero-order valence-electron chi connectivity index (χ0n) is 13.2. The van der Waals surface area contributed by atoms with E-state index in [0.29, 0.717) is 17.3 Å². The molecular formula is C16H20N2O3S2. The number of nitrogens with zero attached hydrogens (tertiary/aromatic N) is 1. The molecule has 0 saturated carbocycles. The molecule has 0 atom stereocenters. The molecule has 0 radical (unpaired) electrons. The van der Waals surface area contributed by atoms with Crippen molar-refractivity contribution in [2.24, 2.45) is 0 Å². The molecule has 0 unspecified atom stereocenters. The molecule has 1 amide bonds. The largest absolute Gasteiger partial charge is 0.337 e. The van der Waals surface area contributed by atoms with Gasteiger partial charge in [0.25, 0.3) is 0 Å². The molecule has 7 heteroatoms. The van der Waals surface area contributed by atoms with Crippen LogP contribution < -0.4 is 4.72 Å². The molecule has 0 fully saturated rings. The third-order valence-corrected chi connectivity index (χ3v) is 6.27. The third kappa shape index (κ3) is 5.16. The molecular weight excluding hydrogens is 332 g/mol. The average molecular weight is 352 g/mol. The fourth-order valence-electron chi connectivity index (χ4n) is 2.09. The molecule has 0 saturated heterocycles. The quantitative estimate of drug-likeness (QED) is 0.832. The van der Waals surface area contributed by atoms with E-state index in [1.165, 1.54) is 18.3 Å². The normalized spacial score (nSPS) is 11.4. The van der Waals surface area contributed by atoms with Crippen molar-refractivity contribution in [3.63, 3.8) is 0 Å². The molecule has 1 aromatic carbocycles. The molecule has 0 aliphatic rings. The maximum absolute atomic E-state index is 12.2. The first kappa shape index (κ1) is 17.7. The highest BCUT2D eigenvalue weighted by Gasteiger charge is 2.17. The number of sulfonamides is 1. The van der Waals surface area contributed by atoms with E-state index in [4.69, 9.17) is 0 Å². The minimum Gasteiger partial charge on any atom is -0.337 e. The molecule has 1 N–H and O–H groups in total. The van der Waals surface area contributed by atoms with Crippen LogP contribution in [-0.2, 0) is 21.4 Å². The molecule has 2 aromatic rings. The highest BCUT2D eigenvalue weighted by molar-refractivity contribution is 7.91. The van der Waals surface area contributed by atoms with Crippen LogP contribution in [0.1, 0.15) is 17.4 Å². The van der Waals surface area contributed by atoms with Gasteiger partial charge in [-0.1, -0.05) is 30.3 Å². The fraction of sp³-hybridized carbons (Fsp3) is 0.312. The van der Waals surface area contributed by atoms with Gasteiger partial charge >= 0.3 is 0 Å². The molecule has 0 spiro atoms. The standard InChI is InChI=1S/C16H20N2O3S2/c1-13-8-9-16(22-13)23(20,21)17-10-11-18(14(2)19)12-15-6-4-3-5-7-15/h3-9,17H,10-12H2,1-2H3. The van der Waals surface area contributed by atoms with Crippen LogP contribution in [0, 0.1) is 6.92 Å². The van der Waals surface area contributed by atoms with Gasteiger partial charge in [0, 0.05) is 31.4 Å². The molecule has 23 heavy (non-hydrogen) atoms. The lowest BCUT2D eigenvalue weighted by Crippen LogP contribution is -2.36. The predicted molar refractivity (Wildman–Crippen MR) is 91.8 cm³/mol. The molecule has 0 bridgehead atoms. The summed E-state index contributed by atoms with van der Waals surface area (Å²) in [4.78, 5) is 14.3. The first-order valence-electron chi connectivity index (χ1n) is 7.24. The van der Waals surface area contributed by atoms with E-state index < -0.39 is 10.0 Å². The second-order valence-electron chi connectivity index (χ2n) is 5.19. The van der Waals surface area contributed by atoms with Crippen LogP contribution in [0.3, 0.4) is 0 Å². The van der Waals surface area contributed by atoms with Crippen LogP contribution in [-0.4, -0.2) is 32.3 Å². The Morgan fingerprint density at radius 1 is 1.17 bits per heavy atom. The van der Waals surface area contributed by atoms with Crippen LogP contribution in [0.2, 0.25) is 0 Å². The van der Waals surface area contributed by atoms with E-state index in [1.807, 2.05) is 37.3 Å². The third-order valence-electron chi connectivity index (χ3n) is 3.32. The summed E-state index contributed by atoms with van der Waals surface area (Å²) in [5.74, 6) is -0.0833. The lowest BCUT2D eigenvalue weighted by atomic mass is 10.2. The Balaban J connectivity index is 1.93. The van der Waals surface area contributed by atoms with Gasteiger partial charge in [0.15, 0.2) is 0 Å². The van der Waals surface area contributed by atoms with Gasteiger partial charge in [0.1, 0.15) is 4.21 Å². The Kier molecular flexibility index (Phi) is 5.92. The zero-order valence-corrected chi connectivity index (χ0v) is 14.8. The first-order chi connectivity index (χ1) is 10.9. The number of thiophene rings is 1. The van der Waals surface area contributed by atoms with Gasteiger partial charge in [-0.15, -0.1) is 11.3 Å². The van der Waals surface area contributed by atoms with Crippen LogP contribution >= 0.6 is 11.3 Å². The number of amides is 1. The number of benzene rings is 1. The summed E-state index contributed by atoms with van der Waals surface area (Å²) >= 11 is 1.23. The minimum atomic E-state index is -3.50. The van der Waals surface area contributed by atoms with Gasteiger partial charge in [-0.3, -0.25) is 4.79 Å². The molecule has 1 aromatic heterocycles. The summed E-state index contributed by atoms with van der Waals surface area (Å²) in [6, 6.07) is 13.0. The van der Waals surface area contributed by atoms with Gasteiger partial charge in [0.05, 0.1) is 0 Å². The molecule has 2 rings (SSSR count). The SMILES string of the molecule is CC(=O)N(CCNS(=O)(=O)c1ccc(C)s1)Cc1ccccc1. The summed E-state index contributed by atoms with van der Waals surface area (Å²) < 4.78 is 27.1. The molecule has 0 aliphatic carbocycles.